The second-order valence-electron chi connectivity index (χ2n) is 6.23. The maximum atomic E-state index is 12.9. The average Bonchev–Trinajstić information content (AvgIpc) is 2.67. The summed E-state index contributed by atoms with van der Waals surface area (Å²) in [4.78, 5) is 16.2. The zero-order valence-electron chi connectivity index (χ0n) is 14.6. The van der Waals surface area contributed by atoms with Crippen LogP contribution in [0.2, 0.25) is 0 Å². The number of piperazine rings is 1. The van der Waals surface area contributed by atoms with Gasteiger partial charge in [0.2, 0.25) is 0 Å². The summed E-state index contributed by atoms with van der Waals surface area (Å²) in [6, 6.07) is 12.5. The molecule has 2 N–H and O–H groups in total. The van der Waals surface area contributed by atoms with Crippen molar-refractivity contribution in [2.75, 3.05) is 31.1 Å². The lowest BCUT2D eigenvalue weighted by molar-refractivity contribution is -0.137. The van der Waals surface area contributed by atoms with Gasteiger partial charge in [-0.15, -0.1) is 12.4 Å². The van der Waals surface area contributed by atoms with Crippen molar-refractivity contribution in [3.63, 3.8) is 0 Å². The molecule has 1 aliphatic rings. The molecule has 1 saturated heterocycles. The molecule has 0 bridgehead atoms. The van der Waals surface area contributed by atoms with Crippen LogP contribution in [-0.2, 0) is 12.7 Å². The number of carbonyl (C=O) groups excluding carboxylic acids is 1. The van der Waals surface area contributed by atoms with Crippen molar-refractivity contribution >= 4 is 24.0 Å². The molecule has 1 fully saturated rings. The van der Waals surface area contributed by atoms with Crippen molar-refractivity contribution in [1.82, 2.24) is 4.90 Å². The molecule has 2 aromatic rings. The third-order valence-corrected chi connectivity index (χ3v) is 4.54. The Balaban J connectivity index is 0.00000261. The van der Waals surface area contributed by atoms with E-state index in [-0.39, 0.29) is 18.3 Å². The van der Waals surface area contributed by atoms with Crippen molar-refractivity contribution < 1.29 is 18.0 Å². The van der Waals surface area contributed by atoms with E-state index in [1.165, 1.54) is 6.07 Å². The van der Waals surface area contributed by atoms with Gasteiger partial charge in [-0.1, -0.05) is 18.2 Å². The van der Waals surface area contributed by atoms with Gasteiger partial charge in [0, 0.05) is 44.0 Å². The number of nitrogens with two attached hydrogens (primary N) is 1. The van der Waals surface area contributed by atoms with Crippen molar-refractivity contribution in [3.8, 4) is 0 Å². The van der Waals surface area contributed by atoms with Gasteiger partial charge in [0.25, 0.3) is 5.91 Å². The molecule has 1 aliphatic heterocycles. The highest BCUT2D eigenvalue weighted by Crippen LogP contribution is 2.31. The van der Waals surface area contributed by atoms with Crippen LogP contribution in [0.4, 0.5) is 18.9 Å². The predicted molar refractivity (Wildman–Crippen MR) is 101 cm³/mol. The summed E-state index contributed by atoms with van der Waals surface area (Å²) in [6.07, 6.45) is -4.36. The van der Waals surface area contributed by atoms with Gasteiger partial charge in [0.15, 0.2) is 0 Å². The largest absolute Gasteiger partial charge is 0.416 e. The van der Waals surface area contributed by atoms with E-state index in [0.717, 1.165) is 17.7 Å². The fourth-order valence-electron chi connectivity index (χ4n) is 3.01. The van der Waals surface area contributed by atoms with E-state index in [1.807, 2.05) is 17.0 Å². The standard InChI is InChI=1S/C19H20F3N3O.ClH/c20-19(21,22)16-2-1-3-17(12-16)24-8-10-25(11-9-24)18(26)15-6-4-14(13-23)5-7-15;/h1-7,12H,8-11,13,23H2;1H. The SMILES string of the molecule is Cl.NCc1ccc(C(=O)N2CCN(c3cccc(C(F)(F)F)c3)CC2)cc1. The van der Waals surface area contributed by atoms with E-state index in [2.05, 4.69) is 0 Å². The molecule has 8 heteroatoms. The van der Waals surface area contributed by atoms with Crippen LogP contribution in [0.15, 0.2) is 48.5 Å². The Morgan fingerprint density at radius 1 is 1.00 bits per heavy atom. The molecule has 0 radical (unpaired) electrons. The number of hydrogen-bond acceptors (Lipinski definition) is 3. The molecule has 0 aromatic heterocycles. The highest BCUT2D eigenvalue weighted by molar-refractivity contribution is 5.94. The first-order valence-corrected chi connectivity index (χ1v) is 8.39. The maximum Gasteiger partial charge on any atom is 0.416 e. The van der Waals surface area contributed by atoms with Crippen LogP contribution < -0.4 is 10.6 Å². The average molecular weight is 400 g/mol. The van der Waals surface area contributed by atoms with Crippen molar-refractivity contribution in [2.45, 2.75) is 12.7 Å². The van der Waals surface area contributed by atoms with Gasteiger partial charge in [0.1, 0.15) is 0 Å². The minimum atomic E-state index is -4.36. The lowest BCUT2D eigenvalue weighted by atomic mass is 10.1. The van der Waals surface area contributed by atoms with E-state index >= 15 is 0 Å². The topological polar surface area (TPSA) is 49.6 Å². The van der Waals surface area contributed by atoms with E-state index in [9.17, 15) is 18.0 Å². The Kier molecular flexibility index (Phi) is 6.73. The van der Waals surface area contributed by atoms with Crippen molar-refractivity contribution in [1.29, 1.82) is 0 Å². The summed E-state index contributed by atoms with van der Waals surface area (Å²) >= 11 is 0. The molecular weight excluding hydrogens is 379 g/mol. The number of anilines is 1. The van der Waals surface area contributed by atoms with Gasteiger partial charge in [-0.05, 0) is 35.9 Å². The minimum absolute atomic E-state index is 0. The van der Waals surface area contributed by atoms with Crippen LogP contribution in [0.25, 0.3) is 0 Å². The van der Waals surface area contributed by atoms with Gasteiger partial charge in [-0.3, -0.25) is 4.79 Å². The van der Waals surface area contributed by atoms with Crippen LogP contribution in [0.1, 0.15) is 21.5 Å². The molecule has 2 aromatic carbocycles. The molecule has 3 rings (SSSR count). The number of carbonyl (C=O) groups is 1. The Bertz CT molecular complexity index is 773. The van der Waals surface area contributed by atoms with E-state index in [4.69, 9.17) is 5.73 Å². The number of nitrogens with zero attached hydrogens (tertiary/aromatic N) is 2. The zero-order chi connectivity index (χ0) is 18.7. The normalized spacial score (nSPS) is 14.7. The smallest absolute Gasteiger partial charge is 0.368 e. The second-order valence-corrected chi connectivity index (χ2v) is 6.23. The van der Waals surface area contributed by atoms with Crippen LogP contribution in [0, 0.1) is 0 Å². The van der Waals surface area contributed by atoms with Crippen LogP contribution >= 0.6 is 12.4 Å². The van der Waals surface area contributed by atoms with Crippen LogP contribution in [-0.4, -0.2) is 37.0 Å². The first kappa shape index (κ1) is 21.1. The summed E-state index contributed by atoms with van der Waals surface area (Å²) in [5.74, 6) is -0.0720. The molecule has 146 valence electrons. The summed E-state index contributed by atoms with van der Waals surface area (Å²) in [5.41, 5.74) is 6.97. The molecule has 4 nitrogen and oxygen atoms in total. The number of halogens is 4. The van der Waals surface area contributed by atoms with E-state index < -0.39 is 11.7 Å². The Hall–Kier alpha value is -2.25. The number of benzene rings is 2. The minimum Gasteiger partial charge on any atom is -0.368 e. The number of rotatable bonds is 3. The number of hydrogen-bond donors (Lipinski definition) is 1. The first-order chi connectivity index (χ1) is 12.4. The second kappa shape index (κ2) is 8.63. The molecule has 0 aliphatic carbocycles. The van der Waals surface area contributed by atoms with Gasteiger partial charge < -0.3 is 15.5 Å². The quantitative estimate of drug-likeness (QED) is 0.858. The van der Waals surface area contributed by atoms with E-state index in [0.29, 0.717) is 44.0 Å². The van der Waals surface area contributed by atoms with Gasteiger partial charge >= 0.3 is 6.18 Å². The molecule has 0 spiro atoms. The fourth-order valence-corrected chi connectivity index (χ4v) is 3.01. The lowest BCUT2D eigenvalue weighted by Gasteiger charge is -2.36. The predicted octanol–water partition coefficient (Wildman–Crippen LogP) is 3.55. The summed E-state index contributed by atoms with van der Waals surface area (Å²) in [7, 11) is 0. The van der Waals surface area contributed by atoms with Gasteiger partial charge in [-0.25, -0.2) is 0 Å². The number of amides is 1. The Morgan fingerprint density at radius 3 is 2.19 bits per heavy atom. The van der Waals surface area contributed by atoms with Crippen LogP contribution in [0.3, 0.4) is 0 Å². The number of alkyl halides is 3. The van der Waals surface area contributed by atoms with Gasteiger partial charge in [0.05, 0.1) is 5.56 Å². The Morgan fingerprint density at radius 2 is 1.63 bits per heavy atom. The van der Waals surface area contributed by atoms with E-state index in [1.54, 1.807) is 23.1 Å². The molecule has 0 unspecified atom stereocenters. The molecule has 1 heterocycles. The molecule has 0 atom stereocenters. The highest BCUT2D eigenvalue weighted by atomic mass is 35.5. The lowest BCUT2D eigenvalue weighted by Crippen LogP contribution is -2.48. The first-order valence-electron chi connectivity index (χ1n) is 8.39. The van der Waals surface area contributed by atoms with Gasteiger partial charge in [-0.2, -0.15) is 13.2 Å². The molecule has 1 amide bonds. The van der Waals surface area contributed by atoms with Crippen molar-refractivity contribution in [2.24, 2.45) is 5.73 Å². The highest BCUT2D eigenvalue weighted by Gasteiger charge is 2.31. The fraction of sp³-hybridized carbons (Fsp3) is 0.316. The molecule has 0 saturated carbocycles. The van der Waals surface area contributed by atoms with Crippen LogP contribution in [0.5, 0.6) is 0 Å². The molecule has 27 heavy (non-hydrogen) atoms. The summed E-state index contributed by atoms with van der Waals surface area (Å²) in [5, 5.41) is 0. The monoisotopic (exact) mass is 399 g/mol. The summed E-state index contributed by atoms with van der Waals surface area (Å²) < 4.78 is 38.6. The van der Waals surface area contributed by atoms with Crippen molar-refractivity contribution in [3.05, 3.63) is 65.2 Å². The third-order valence-electron chi connectivity index (χ3n) is 4.54. The zero-order valence-corrected chi connectivity index (χ0v) is 15.4. The Labute approximate surface area is 162 Å². The molecular formula is C19H21ClF3N3O. The maximum absolute atomic E-state index is 12.9. The summed E-state index contributed by atoms with van der Waals surface area (Å²) in [6.45, 7) is 2.34. The third kappa shape index (κ3) is 4.93.